The summed E-state index contributed by atoms with van der Waals surface area (Å²) in [4.78, 5) is 28.0. The second kappa shape index (κ2) is 6.35. The first-order valence-corrected chi connectivity index (χ1v) is 6.20. The molecule has 9 heteroatoms. The van der Waals surface area contributed by atoms with Gasteiger partial charge in [-0.05, 0) is 0 Å². The van der Waals surface area contributed by atoms with E-state index >= 15 is 0 Å². The predicted molar refractivity (Wildman–Crippen MR) is 71.4 cm³/mol. The number of carbonyl (C=O) groups excluding carboxylic acids is 1. The lowest BCUT2D eigenvalue weighted by atomic mass is 10.2. The highest BCUT2D eigenvalue weighted by Crippen LogP contribution is 2.31. The molecule has 2 heterocycles. The number of aromatic nitrogens is 1. The third-order valence-electron chi connectivity index (χ3n) is 3.11. The van der Waals surface area contributed by atoms with Gasteiger partial charge in [0.1, 0.15) is 0 Å². The Morgan fingerprint density at radius 1 is 1.52 bits per heavy atom. The van der Waals surface area contributed by atoms with Crippen molar-refractivity contribution in [3.63, 3.8) is 0 Å². The van der Waals surface area contributed by atoms with Gasteiger partial charge in [-0.25, -0.2) is 4.79 Å². The number of morpholine rings is 1. The molecule has 1 atom stereocenters. The fourth-order valence-electron chi connectivity index (χ4n) is 2.08. The van der Waals surface area contributed by atoms with Crippen molar-refractivity contribution in [3.8, 4) is 5.88 Å². The van der Waals surface area contributed by atoms with E-state index in [0.717, 1.165) is 0 Å². The largest absolute Gasteiger partial charge is 0.481 e. The smallest absolute Gasteiger partial charge is 0.330 e. The maximum absolute atomic E-state index is 11.8. The van der Waals surface area contributed by atoms with Gasteiger partial charge in [0.25, 0.3) is 0 Å². The number of nitrogens with zero attached hydrogens (tertiary/aromatic N) is 3. The fourth-order valence-corrected chi connectivity index (χ4v) is 2.08. The van der Waals surface area contributed by atoms with Crippen molar-refractivity contribution in [2.45, 2.75) is 6.04 Å². The lowest BCUT2D eigenvalue weighted by Crippen LogP contribution is -2.51. The number of esters is 1. The second-order valence-electron chi connectivity index (χ2n) is 4.26. The van der Waals surface area contributed by atoms with E-state index in [0.29, 0.717) is 13.2 Å². The van der Waals surface area contributed by atoms with Crippen LogP contribution in [0.2, 0.25) is 0 Å². The third-order valence-corrected chi connectivity index (χ3v) is 3.11. The average molecular weight is 297 g/mol. The molecule has 1 saturated heterocycles. The van der Waals surface area contributed by atoms with Gasteiger partial charge in [0.05, 0.1) is 32.4 Å². The Bertz CT molecular complexity index is 550. The molecule has 1 aromatic rings. The molecule has 0 amide bonds. The summed E-state index contributed by atoms with van der Waals surface area (Å²) in [5, 5.41) is 11.2. The Morgan fingerprint density at radius 2 is 2.29 bits per heavy atom. The van der Waals surface area contributed by atoms with E-state index in [9.17, 15) is 14.9 Å². The molecule has 1 unspecified atom stereocenters. The number of hydrogen-bond donors (Lipinski definition) is 0. The molecule has 2 rings (SSSR count). The zero-order chi connectivity index (χ0) is 15.4. The van der Waals surface area contributed by atoms with Gasteiger partial charge >= 0.3 is 11.7 Å². The van der Waals surface area contributed by atoms with Gasteiger partial charge < -0.3 is 19.1 Å². The first-order valence-electron chi connectivity index (χ1n) is 6.20. The van der Waals surface area contributed by atoms with Crippen LogP contribution in [0.15, 0.2) is 12.1 Å². The highest BCUT2D eigenvalue weighted by Gasteiger charge is 2.35. The Morgan fingerprint density at radius 3 is 2.90 bits per heavy atom. The molecule has 1 aromatic heterocycles. The minimum atomic E-state index is -0.776. The first-order chi connectivity index (χ1) is 10.1. The van der Waals surface area contributed by atoms with Crippen LogP contribution in [-0.4, -0.2) is 55.9 Å². The molecule has 1 aliphatic heterocycles. The van der Waals surface area contributed by atoms with Crippen LogP contribution in [0.25, 0.3) is 0 Å². The number of hydrogen-bond acceptors (Lipinski definition) is 8. The van der Waals surface area contributed by atoms with Gasteiger partial charge in [-0.1, -0.05) is 0 Å². The topological polar surface area (TPSA) is 104 Å². The summed E-state index contributed by atoms with van der Waals surface area (Å²) in [5.74, 6) is -0.239. The normalized spacial score (nSPS) is 18.2. The Balaban J connectivity index is 2.45. The zero-order valence-electron chi connectivity index (χ0n) is 11.6. The summed E-state index contributed by atoms with van der Waals surface area (Å²) in [5.41, 5.74) is -0.202. The van der Waals surface area contributed by atoms with Crippen LogP contribution in [0.4, 0.5) is 11.5 Å². The number of methoxy groups -OCH3 is 2. The quantitative estimate of drug-likeness (QED) is 0.446. The molecule has 0 saturated carbocycles. The monoisotopic (exact) mass is 297 g/mol. The van der Waals surface area contributed by atoms with Gasteiger partial charge in [0.2, 0.25) is 11.7 Å². The van der Waals surface area contributed by atoms with E-state index in [1.165, 1.54) is 31.3 Å². The van der Waals surface area contributed by atoms with Crippen LogP contribution < -0.4 is 9.64 Å². The van der Waals surface area contributed by atoms with Crippen LogP contribution in [0.5, 0.6) is 5.88 Å². The predicted octanol–water partition coefficient (Wildman–Crippen LogP) is 0.377. The van der Waals surface area contributed by atoms with E-state index in [-0.39, 0.29) is 24.0 Å². The van der Waals surface area contributed by atoms with Gasteiger partial charge in [-0.2, -0.15) is 4.98 Å². The first kappa shape index (κ1) is 15.0. The van der Waals surface area contributed by atoms with E-state index < -0.39 is 16.9 Å². The van der Waals surface area contributed by atoms with Crippen LogP contribution in [0, 0.1) is 10.1 Å². The average Bonchev–Trinajstić information content (AvgIpc) is 2.53. The minimum Gasteiger partial charge on any atom is -0.481 e. The summed E-state index contributed by atoms with van der Waals surface area (Å²) >= 11 is 0. The third kappa shape index (κ3) is 3.02. The molecule has 21 heavy (non-hydrogen) atoms. The summed E-state index contributed by atoms with van der Waals surface area (Å²) in [6.07, 6.45) is 0. The summed E-state index contributed by atoms with van der Waals surface area (Å²) in [7, 11) is 2.66. The standard InChI is InChI=1S/C12H15N3O6/c1-19-10-4-3-8(15(17)18)11(13-10)14-5-6-21-7-9(14)12(16)20-2/h3-4,9H,5-7H2,1-2H3. The van der Waals surface area contributed by atoms with E-state index in [2.05, 4.69) is 4.98 Å². The number of anilines is 1. The molecule has 0 N–H and O–H groups in total. The number of pyridine rings is 1. The van der Waals surface area contributed by atoms with Crippen LogP contribution >= 0.6 is 0 Å². The van der Waals surface area contributed by atoms with Crippen molar-refractivity contribution in [2.75, 3.05) is 38.9 Å². The number of nitro groups is 1. The maximum Gasteiger partial charge on any atom is 0.330 e. The lowest BCUT2D eigenvalue weighted by Gasteiger charge is -2.34. The summed E-state index contributed by atoms with van der Waals surface area (Å²) in [6, 6.07) is 1.92. The SMILES string of the molecule is COC(=O)C1COCCN1c1nc(OC)ccc1[N+](=O)[O-]. The molecule has 0 radical (unpaired) electrons. The van der Waals surface area contributed by atoms with Crippen LogP contribution in [-0.2, 0) is 14.3 Å². The highest BCUT2D eigenvalue weighted by atomic mass is 16.6. The van der Waals surface area contributed by atoms with E-state index in [1.807, 2.05) is 0 Å². The van der Waals surface area contributed by atoms with Crippen molar-refractivity contribution >= 4 is 17.5 Å². The van der Waals surface area contributed by atoms with Crippen molar-refractivity contribution in [2.24, 2.45) is 0 Å². The molecule has 0 aromatic carbocycles. The fraction of sp³-hybridized carbons (Fsp3) is 0.500. The summed E-state index contributed by atoms with van der Waals surface area (Å²) < 4.78 is 14.9. The van der Waals surface area contributed by atoms with E-state index in [4.69, 9.17) is 14.2 Å². The van der Waals surface area contributed by atoms with Gasteiger partial charge in [-0.15, -0.1) is 0 Å². The van der Waals surface area contributed by atoms with Gasteiger partial charge in [-0.3, -0.25) is 10.1 Å². The Kier molecular flexibility index (Phi) is 4.53. The van der Waals surface area contributed by atoms with Crippen molar-refractivity contribution in [3.05, 3.63) is 22.2 Å². The molecule has 0 aliphatic carbocycles. The molecule has 0 spiro atoms. The molecule has 1 aliphatic rings. The van der Waals surface area contributed by atoms with Crippen LogP contribution in [0.3, 0.4) is 0 Å². The number of ether oxygens (including phenoxy) is 3. The molecular weight excluding hydrogens is 282 g/mol. The van der Waals surface area contributed by atoms with Gasteiger partial charge in [0, 0.05) is 18.7 Å². The van der Waals surface area contributed by atoms with Crippen molar-refractivity contribution in [1.29, 1.82) is 0 Å². The zero-order valence-corrected chi connectivity index (χ0v) is 11.6. The maximum atomic E-state index is 11.8. The van der Waals surface area contributed by atoms with E-state index in [1.54, 1.807) is 0 Å². The highest BCUT2D eigenvalue weighted by molar-refractivity contribution is 5.81. The minimum absolute atomic E-state index is 0.0676. The molecule has 1 fully saturated rings. The Labute approximate surface area is 120 Å². The number of carbonyl (C=O) groups is 1. The molecule has 9 nitrogen and oxygen atoms in total. The summed E-state index contributed by atoms with van der Waals surface area (Å²) in [6.45, 7) is 0.715. The van der Waals surface area contributed by atoms with Crippen molar-refractivity contribution in [1.82, 2.24) is 4.98 Å². The second-order valence-corrected chi connectivity index (χ2v) is 4.26. The van der Waals surface area contributed by atoms with Crippen molar-refractivity contribution < 1.29 is 23.9 Å². The molecule has 0 bridgehead atoms. The molecular formula is C12H15N3O6. The number of rotatable bonds is 4. The van der Waals surface area contributed by atoms with Crippen LogP contribution in [0.1, 0.15) is 0 Å². The Hall–Kier alpha value is -2.42. The van der Waals surface area contributed by atoms with Gasteiger partial charge in [0.15, 0.2) is 6.04 Å². The molecule has 114 valence electrons. The lowest BCUT2D eigenvalue weighted by molar-refractivity contribution is -0.384.